The van der Waals surface area contributed by atoms with Crippen LogP contribution in [0.1, 0.15) is 31.4 Å². The Morgan fingerprint density at radius 1 is 1.32 bits per heavy atom. The number of hydrogen-bond donors (Lipinski definition) is 1. The van der Waals surface area contributed by atoms with E-state index in [0.717, 1.165) is 23.6 Å². The monoisotopic (exact) mass is 262 g/mol. The molecule has 0 saturated carbocycles. The Bertz CT molecular complexity index is 450. The molecule has 2 aliphatic heterocycles. The highest BCUT2D eigenvalue weighted by atomic mass is 16.6. The van der Waals surface area contributed by atoms with E-state index in [1.165, 1.54) is 19.4 Å². The number of likely N-dealkylation sites (tertiary alicyclic amines) is 1. The van der Waals surface area contributed by atoms with Gasteiger partial charge in [0.25, 0.3) is 0 Å². The van der Waals surface area contributed by atoms with Gasteiger partial charge in [0, 0.05) is 18.6 Å². The van der Waals surface area contributed by atoms with E-state index in [1.54, 1.807) is 0 Å². The van der Waals surface area contributed by atoms with E-state index >= 15 is 0 Å². The zero-order chi connectivity index (χ0) is 13.2. The van der Waals surface area contributed by atoms with Gasteiger partial charge in [-0.3, -0.25) is 4.90 Å². The molecule has 4 nitrogen and oxygen atoms in total. The van der Waals surface area contributed by atoms with Crippen molar-refractivity contribution in [3.05, 3.63) is 23.8 Å². The van der Waals surface area contributed by atoms with Gasteiger partial charge in [-0.25, -0.2) is 0 Å². The van der Waals surface area contributed by atoms with E-state index in [9.17, 15) is 0 Å². The Labute approximate surface area is 114 Å². The van der Waals surface area contributed by atoms with Gasteiger partial charge in [0.2, 0.25) is 0 Å². The number of fused-ring (bicyclic) bond motifs is 1. The molecule has 2 N–H and O–H groups in total. The Balaban J connectivity index is 1.70. The molecular weight excluding hydrogens is 240 g/mol. The predicted octanol–water partition coefficient (Wildman–Crippen LogP) is 1.94. The Kier molecular flexibility index (Phi) is 3.62. The van der Waals surface area contributed by atoms with Crippen LogP contribution in [-0.2, 0) is 0 Å². The molecule has 1 aromatic rings. The van der Waals surface area contributed by atoms with Crippen molar-refractivity contribution in [2.75, 3.05) is 26.3 Å². The topological polar surface area (TPSA) is 47.7 Å². The lowest BCUT2D eigenvalue weighted by Crippen LogP contribution is -2.34. The van der Waals surface area contributed by atoms with E-state index in [1.807, 2.05) is 12.1 Å². The molecule has 1 saturated heterocycles. The van der Waals surface area contributed by atoms with E-state index in [4.69, 9.17) is 15.2 Å². The molecule has 2 aliphatic rings. The van der Waals surface area contributed by atoms with Crippen LogP contribution in [-0.4, -0.2) is 37.2 Å². The Morgan fingerprint density at radius 2 is 2.11 bits per heavy atom. The number of rotatable bonds is 3. The molecule has 2 atom stereocenters. The Morgan fingerprint density at radius 3 is 2.84 bits per heavy atom. The van der Waals surface area contributed by atoms with Crippen molar-refractivity contribution in [1.29, 1.82) is 0 Å². The second-order valence-corrected chi connectivity index (χ2v) is 5.50. The van der Waals surface area contributed by atoms with Gasteiger partial charge < -0.3 is 15.2 Å². The first-order valence-corrected chi connectivity index (χ1v) is 7.13. The van der Waals surface area contributed by atoms with Crippen molar-refractivity contribution >= 4 is 0 Å². The first kappa shape index (κ1) is 12.8. The minimum Gasteiger partial charge on any atom is -0.486 e. The number of hydrogen-bond acceptors (Lipinski definition) is 4. The second kappa shape index (κ2) is 5.39. The van der Waals surface area contributed by atoms with Gasteiger partial charge in [0.15, 0.2) is 11.5 Å². The van der Waals surface area contributed by atoms with Gasteiger partial charge >= 0.3 is 0 Å². The van der Waals surface area contributed by atoms with Crippen LogP contribution >= 0.6 is 0 Å². The van der Waals surface area contributed by atoms with Crippen LogP contribution in [0.3, 0.4) is 0 Å². The molecule has 0 bridgehead atoms. The molecule has 0 aromatic heterocycles. The third kappa shape index (κ3) is 2.69. The standard InChI is InChI=1S/C15H22N2O2/c1-11-3-2-6-17(11)10-13(16)12-4-5-14-15(9-12)19-8-7-18-14/h4-5,9,11,13H,2-3,6-8,10,16H2,1H3. The number of nitrogens with zero attached hydrogens (tertiary/aromatic N) is 1. The number of benzene rings is 1. The fraction of sp³-hybridized carbons (Fsp3) is 0.600. The fourth-order valence-corrected chi connectivity index (χ4v) is 2.91. The molecule has 1 aromatic carbocycles. The summed E-state index contributed by atoms with van der Waals surface area (Å²) in [6.07, 6.45) is 2.57. The van der Waals surface area contributed by atoms with Gasteiger partial charge in [-0.1, -0.05) is 6.07 Å². The van der Waals surface area contributed by atoms with Crippen molar-refractivity contribution in [3.8, 4) is 11.5 Å². The summed E-state index contributed by atoms with van der Waals surface area (Å²) in [5.41, 5.74) is 7.46. The zero-order valence-corrected chi connectivity index (χ0v) is 11.5. The van der Waals surface area contributed by atoms with Crippen LogP contribution in [0.25, 0.3) is 0 Å². The predicted molar refractivity (Wildman–Crippen MR) is 74.6 cm³/mol. The molecule has 19 heavy (non-hydrogen) atoms. The summed E-state index contributed by atoms with van der Waals surface area (Å²) in [7, 11) is 0. The third-order valence-electron chi connectivity index (χ3n) is 4.12. The molecule has 1 fully saturated rings. The molecule has 0 radical (unpaired) electrons. The van der Waals surface area contributed by atoms with Crippen LogP contribution < -0.4 is 15.2 Å². The zero-order valence-electron chi connectivity index (χ0n) is 11.5. The molecule has 0 amide bonds. The minimum absolute atomic E-state index is 0.0383. The summed E-state index contributed by atoms with van der Waals surface area (Å²) in [6, 6.07) is 6.75. The first-order chi connectivity index (χ1) is 9.24. The average Bonchev–Trinajstić information content (AvgIpc) is 2.84. The quantitative estimate of drug-likeness (QED) is 0.904. The average molecular weight is 262 g/mol. The number of ether oxygens (including phenoxy) is 2. The summed E-state index contributed by atoms with van der Waals surface area (Å²) < 4.78 is 11.1. The molecule has 2 heterocycles. The van der Waals surface area contributed by atoms with E-state index in [0.29, 0.717) is 19.3 Å². The van der Waals surface area contributed by atoms with Crippen LogP contribution in [0.5, 0.6) is 11.5 Å². The maximum Gasteiger partial charge on any atom is 0.161 e. The van der Waals surface area contributed by atoms with Crippen LogP contribution in [0.4, 0.5) is 0 Å². The normalized spacial score (nSPS) is 24.4. The van der Waals surface area contributed by atoms with Gasteiger partial charge in [-0.05, 0) is 44.0 Å². The highest BCUT2D eigenvalue weighted by molar-refractivity contribution is 5.44. The fourth-order valence-electron chi connectivity index (χ4n) is 2.91. The highest BCUT2D eigenvalue weighted by Gasteiger charge is 2.23. The summed E-state index contributed by atoms with van der Waals surface area (Å²) in [4.78, 5) is 2.47. The summed E-state index contributed by atoms with van der Waals surface area (Å²) >= 11 is 0. The maximum absolute atomic E-state index is 6.33. The summed E-state index contributed by atoms with van der Waals surface area (Å²) in [5.74, 6) is 1.66. The Hall–Kier alpha value is -1.26. The molecule has 2 unspecified atom stereocenters. The van der Waals surface area contributed by atoms with Gasteiger partial charge in [-0.15, -0.1) is 0 Å². The lowest BCUT2D eigenvalue weighted by molar-refractivity contribution is 0.171. The highest BCUT2D eigenvalue weighted by Crippen LogP contribution is 2.32. The SMILES string of the molecule is CC1CCCN1CC(N)c1ccc2c(c1)OCCO2. The molecule has 0 spiro atoms. The second-order valence-electron chi connectivity index (χ2n) is 5.50. The maximum atomic E-state index is 6.33. The smallest absolute Gasteiger partial charge is 0.161 e. The van der Waals surface area contributed by atoms with Crippen molar-refractivity contribution in [2.45, 2.75) is 31.8 Å². The molecular formula is C15H22N2O2. The van der Waals surface area contributed by atoms with Crippen LogP contribution in [0.15, 0.2) is 18.2 Å². The molecule has 4 heteroatoms. The third-order valence-corrected chi connectivity index (χ3v) is 4.12. The first-order valence-electron chi connectivity index (χ1n) is 7.13. The lowest BCUT2D eigenvalue weighted by Gasteiger charge is -2.26. The number of nitrogens with two attached hydrogens (primary N) is 1. The molecule has 3 rings (SSSR count). The van der Waals surface area contributed by atoms with Gasteiger partial charge in [0.1, 0.15) is 13.2 Å². The van der Waals surface area contributed by atoms with E-state index in [2.05, 4.69) is 17.9 Å². The van der Waals surface area contributed by atoms with Crippen LogP contribution in [0, 0.1) is 0 Å². The van der Waals surface area contributed by atoms with Crippen molar-refractivity contribution in [1.82, 2.24) is 4.90 Å². The van der Waals surface area contributed by atoms with Crippen molar-refractivity contribution in [3.63, 3.8) is 0 Å². The van der Waals surface area contributed by atoms with E-state index in [-0.39, 0.29) is 6.04 Å². The van der Waals surface area contributed by atoms with Crippen molar-refractivity contribution in [2.24, 2.45) is 5.73 Å². The van der Waals surface area contributed by atoms with E-state index < -0.39 is 0 Å². The van der Waals surface area contributed by atoms with Crippen molar-refractivity contribution < 1.29 is 9.47 Å². The minimum atomic E-state index is 0.0383. The molecule has 0 aliphatic carbocycles. The van der Waals surface area contributed by atoms with Gasteiger partial charge in [-0.2, -0.15) is 0 Å². The lowest BCUT2D eigenvalue weighted by atomic mass is 10.1. The summed E-state index contributed by atoms with van der Waals surface area (Å²) in [6.45, 7) is 5.61. The largest absolute Gasteiger partial charge is 0.486 e. The van der Waals surface area contributed by atoms with Gasteiger partial charge in [0.05, 0.1) is 0 Å². The van der Waals surface area contributed by atoms with Crippen LogP contribution in [0.2, 0.25) is 0 Å². The summed E-state index contributed by atoms with van der Waals surface area (Å²) in [5, 5.41) is 0. The molecule has 104 valence electrons.